The number of hydrogen-bond donors (Lipinski definition) is 2. The van der Waals surface area contributed by atoms with E-state index in [4.69, 9.17) is 15.5 Å². The summed E-state index contributed by atoms with van der Waals surface area (Å²) >= 11 is 0. The van der Waals surface area contributed by atoms with Crippen LogP contribution >= 0.6 is 0 Å². The number of rotatable bonds is 4. The Labute approximate surface area is 157 Å². The molecule has 0 bridgehead atoms. The maximum absolute atomic E-state index is 12.7. The van der Waals surface area contributed by atoms with Gasteiger partial charge in [0.1, 0.15) is 11.2 Å². The number of nitrogens with zero attached hydrogens (tertiary/aromatic N) is 3. The molecule has 0 saturated carbocycles. The molecule has 0 unspecified atom stereocenters. The van der Waals surface area contributed by atoms with Gasteiger partial charge in [-0.2, -0.15) is 0 Å². The van der Waals surface area contributed by atoms with E-state index in [0.717, 1.165) is 23.2 Å². The van der Waals surface area contributed by atoms with Crippen LogP contribution in [-0.4, -0.2) is 33.8 Å². The zero-order chi connectivity index (χ0) is 19.0. The van der Waals surface area contributed by atoms with Gasteiger partial charge in [-0.15, -0.1) is 0 Å². The fourth-order valence-corrected chi connectivity index (χ4v) is 3.27. The summed E-state index contributed by atoms with van der Waals surface area (Å²) in [6.07, 6.45) is 2.42. The van der Waals surface area contributed by atoms with E-state index in [-0.39, 0.29) is 17.6 Å². The molecule has 0 aliphatic carbocycles. The largest absolute Gasteiger partial charge is 0.379 e. The Kier molecular flexibility index (Phi) is 4.63. The molecule has 1 aliphatic rings. The first-order chi connectivity index (χ1) is 13.0. The van der Waals surface area contributed by atoms with Gasteiger partial charge >= 0.3 is 0 Å². The maximum atomic E-state index is 12.7. The fourth-order valence-electron chi connectivity index (χ4n) is 3.27. The van der Waals surface area contributed by atoms with Crippen molar-refractivity contribution in [3.05, 3.63) is 52.6 Å². The van der Waals surface area contributed by atoms with Crippen LogP contribution in [0.1, 0.15) is 24.9 Å². The number of fused-ring (bicyclic) bond motifs is 1. The van der Waals surface area contributed by atoms with Crippen molar-refractivity contribution in [2.75, 3.05) is 18.5 Å². The third kappa shape index (κ3) is 3.43. The van der Waals surface area contributed by atoms with Gasteiger partial charge in [-0.05, 0) is 25.0 Å². The molecule has 3 heterocycles. The number of benzene rings is 1. The van der Waals surface area contributed by atoms with Crippen LogP contribution in [0.4, 0.5) is 5.82 Å². The van der Waals surface area contributed by atoms with Crippen LogP contribution in [0.3, 0.4) is 0 Å². The minimum absolute atomic E-state index is 0.0205. The summed E-state index contributed by atoms with van der Waals surface area (Å²) < 4.78 is 6.91. The highest BCUT2D eigenvalue weighted by Crippen LogP contribution is 2.27. The smallest absolute Gasteiger partial charge is 0.264 e. The Morgan fingerprint density at radius 1 is 1.33 bits per heavy atom. The molecule has 3 N–H and O–H groups in total. The molecule has 1 fully saturated rings. The number of nitrogens with one attached hydrogen (secondary N) is 1. The van der Waals surface area contributed by atoms with Crippen LogP contribution < -0.4 is 16.6 Å². The molecular formula is C20H23N5O2. The molecule has 4 rings (SSSR count). The zero-order valence-electron chi connectivity index (χ0n) is 15.5. The molecule has 140 valence electrons. The van der Waals surface area contributed by atoms with E-state index in [0.29, 0.717) is 29.9 Å². The summed E-state index contributed by atoms with van der Waals surface area (Å²) in [6.45, 7) is 3.27. The highest BCUT2D eigenvalue weighted by molar-refractivity contribution is 5.91. The van der Waals surface area contributed by atoms with Gasteiger partial charge in [0.25, 0.3) is 5.56 Å². The molecule has 1 saturated heterocycles. The minimum atomic E-state index is -0.118. The maximum Gasteiger partial charge on any atom is 0.264 e. The van der Waals surface area contributed by atoms with Crippen LogP contribution in [0.5, 0.6) is 0 Å². The number of nitrogens with two attached hydrogens (primary N) is 1. The Balaban J connectivity index is 1.84. The number of anilines is 1. The molecule has 27 heavy (non-hydrogen) atoms. The van der Waals surface area contributed by atoms with Gasteiger partial charge < -0.3 is 20.4 Å². The van der Waals surface area contributed by atoms with Crippen molar-refractivity contribution in [1.82, 2.24) is 14.5 Å². The van der Waals surface area contributed by atoms with E-state index >= 15 is 0 Å². The first-order valence-electron chi connectivity index (χ1n) is 9.09. The molecule has 7 nitrogen and oxygen atoms in total. The third-order valence-electron chi connectivity index (χ3n) is 4.91. The molecule has 7 heteroatoms. The highest BCUT2D eigenvalue weighted by Gasteiger charge is 2.20. The Bertz CT molecular complexity index is 1020. The van der Waals surface area contributed by atoms with Crippen molar-refractivity contribution in [1.29, 1.82) is 0 Å². The lowest BCUT2D eigenvalue weighted by Crippen LogP contribution is -2.24. The molecule has 2 aromatic heterocycles. The second kappa shape index (κ2) is 7.09. The first kappa shape index (κ1) is 17.6. The standard InChI is InChI=1S/C20H23N5O2/c1-12(21)13-3-5-14(6-4-13)16-9-17-18(20(26)25(2)11-22-17)19(24-16)23-15-7-8-27-10-15/h3-6,9,11-12,15H,7-8,10,21H2,1-2H3,(H,23,24)/t12-,15-/m1/s1. The number of aryl methyl sites for hydroxylation is 1. The zero-order valence-corrected chi connectivity index (χ0v) is 15.5. The molecule has 0 amide bonds. The van der Waals surface area contributed by atoms with E-state index in [9.17, 15) is 4.79 Å². The third-order valence-corrected chi connectivity index (χ3v) is 4.91. The van der Waals surface area contributed by atoms with Gasteiger partial charge in [0.05, 0.1) is 30.2 Å². The van der Waals surface area contributed by atoms with E-state index in [2.05, 4.69) is 10.3 Å². The quantitative estimate of drug-likeness (QED) is 0.736. The second-order valence-corrected chi connectivity index (χ2v) is 7.03. The number of ether oxygens (including phenoxy) is 1. The van der Waals surface area contributed by atoms with Crippen LogP contribution in [0, 0.1) is 0 Å². The number of aromatic nitrogens is 3. The molecular weight excluding hydrogens is 342 g/mol. The molecule has 0 radical (unpaired) electrons. The van der Waals surface area contributed by atoms with Crippen LogP contribution in [-0.2, 0) is 11.8 Å². The van der Waals surface area contributed by atoms with Crippen molar-refractivity contribution < 1.29 is 4.74 Å². The van der Waals surface area contributed by atoms with Gasteiger partial charge in [0.15, 0.2) is 0 Å². The fraction of sp³-hybridized carbons (Fsp3) is 0.350. The summed E-state index contributed by atoms with van der Waals surface area (Å²) in [4.78, 5) is 21.9. The summed E-state index contributed by atoms with van der Waals surface area (Å²) in [5.74, 6) is 0.558. The lowest BCUT2D eigenvalue weighted by Gasteiger charge is -2.15. The van der Waals surface area contributed by atoms with Crippen molar-refractivity contribution in [3.63, 3.8) is 0 Å². The predicted octanol–water partition coefficient (Wildman–Crippen LogP) is 2.22. The van der Waals surface area contributed by atoms with E-state index in [1.54, 1.807) is 7.05 Å². The average molecular weight is 365 g/mol. The van der Waals surface area contributed by atoms with Crippen molar-refractivity contribution in [3.8, 4) is 11.3 Å². The second-order valence-electron chi connectivity index (χ2n) is 7.03. The van der Waals surface area contributed by atoms with Crippen molar-refractivity contribution in [2.24, 2.45) is 12.8 Å². The Morgan fingerprint density at radius 3 is 2.78 bits per heavy atom. The Hall–Kier alpha value is -2.77. The number of hydrogen-bond acceptors (Lipinski definition) is 6. The topological polar surface area (TPSA) is 95.1 Å². The lowest BCUT2D eigenvalue weighted by molar-refractivity contribution is 0.195. The Morgan fingerprint density at radius 2 is 2.11 bits per heavy atom. The molecule has 2 atom stereocenters. The van der Waals surface area contributed by atoms with Crippen molar-refractivity contribution in [2.45, 2.75) is 25.4 Å². The van der Waals surface area contributed by atoms with Gasteiger partial charge in [0.2, 0.25) is 0 Å². The lowest BCUT2D eigenvalue weighted by atomic mass is 10.0. The van der Waals surface area contributed by atoms with Crippen LogP contribution in [0.25, 0.3) is 22.2 Å². The predicted molar refractivity (Wildman–Crippen MR) is 106 cm³/mol. The van der Waals surface area contributed by atoms with Gasteiger partial charge in [0, 0.05) is 25.3 Å². The molecule has 3 aromatic rings. The van der Waals surface area contributed by atoms with Gasteiger partial charge in [-0.1, -0.05) is 24.3 Å². The van der Waals surface area contributed by atoms with Crippen LogP contribution in [0.15, 0.2) is 41.5 Å². The van der Waals surface area contributed by atoms with Gasteiger partial charge in [-0.25, -0.2) is 9.97 Å². The first-order valence-corrected chi connectivity index (χ1v) is 9.09. The SMILES string of the molecule is C[C@@H](N)c1ccc(-c2cc3ncn(C)c(=O)c3c(N[C@@H]3CCOC3)n2)cc1. The monoisotopic (exact) mass is 365 g/mol. The summed E-state index contributed by atoms with van der Waals surface area (Å²) in [6, 6.07) is 9.97. The normalized spacial score (nSPS) is 18.0. The van der Waals surface area contributed by atoms with Crippen molar-refractivity contribution >= 4 is 16.7 Å². The van der Waals surface area contributed by atoms with Crippen LogP contribution in [0.2, 0.25) is 0 Å². The number of pyridine rings is 1. The van der Waals surface area contributed by atoms with E-state index < -0.39 is 0 Å². The molecule has 1 aromatic carbocycles. The molecule has 0 spiro atoms. The summed E-state index contributed by atoms with van der Waals surface area (Å²) in [5, 5.41) is 3.88. The van der Waals surface area contributed by atoms with E-state index in [1.807, 2.05) is 37.3 Å². The summed E-state index contributed by atoms with van der Waals surface area (Å²) in [5.41, 5.74) is 9.23. The molecule has 1 aliphatic heterocycles. The minimum Gasteiger partial charge on any atom is -0.379 e. The highest BCUT2D eigenvalue weighted by atomic mass is 16.5. The van der Waals surface area contributed by atoms with E-state index in [1.165, 1.54) is 10.9 Å². The van der Waals surface area contributed by atoms with Gasteiger partial charge in [-0.3, -0.25) is 4.79 Å². The average Bonchev–Trinajstić information content (AvgIpc) is 3.17. The summed E-state index contributed by atoms with van der Waals surface area (Å²) in [7, 11) is 1.69.